The number of benzene rings is 1. The van der Waals surface area contributed by atoms with E-state index in [1.807, 2.05) is 19.2 Å². The van der Waals surface area contributed by atoms with Gasteiger partial charge >= 0.3 is 0 Å². The molecule has 1 aromatic carbocycles. The zero-order valence-electron chi connectivity index (χ0n) is 15.8. The maximum Gasteiger partial charge on any atom is 0.290 e. The SMILES string of the molecule is Cc1cc(F)ccc1N1CCC(NCCc2cnc[nH]2)CC1.O=CO.O=CO. The molecule has 0 spiro atoms. The molecule has 0 bridgehead atoms. The van der Waals surface area contributed by atoms with Gasteiger partial charge in [-0.25, -0.2) is 9.37 Å². The molecule has 0 radical (unpaired) electrons. The molecule has 2 aromatic rings. The number of carbonyl (C=O) groups is 2. The molecule has 28 heavy (non-hydrogen) atoms. The topological polar surface area (TPSA) is 119 Å². The quantitative estimate of drug-likeness (QED) is 0.573. The van der Waals surface area contributed by atoms with E-state index in [1.165, 1.54) is 5.69 Å². The maximum atomic E-state index is 13.2. The van der Waals surface area contributed by atoms with Crippen LogP contribution in [-0.4, -0.2) is 58.8 Å². The van der Waals surface area contributed by atoms with Crippen LogP contribution in [0.3, 0.4) is 0 Å². The van der Waals surface area contributed by atoms with Gasteiger partial charge in [0.2, 0.25) is 0 Å². The highest BCUT2D eigenvalue weighted by atomic mass is 19.1. The van der Waals surface area contributed by atoms with Crippen LogP contribution in [0.15, 0.2) is 30.7 Å². The van der Waals surface area contributed by atoms with Gasteiger partial charge in [0.05, 0.1) is 6.33 Å². The Balaban J connectivity index is 0.000000582. The summed E-state index contributed by atoms with van der Waals surface area (Å²) in [5.74, 6) is -0.156. The Kier molecular flexibility index (Phi) is 10.9. The minimum atomic E-state index is -0.250. The predicted molar refractivity (Wildman–Crippen MR) is 104 cm³/mol. The van der Waals surface area contributed by atoms with Crippen molar-refractivity contribution >= 4 is 18.6 Å². The number of hydrogen-bond acceptors (Lipinski definition) is 5. The van der Waals surface area contributed by atoms with Gasteiger partial charge in [-0.3, -0.25) is 9.59 Å². The summed E-state index contributed by atoms with van der Waals surface area (Å²) >= 11 is 0. The third-order valence-corrected chi connectivity index (χ3v) is 4.38. The summed E-state index contributed by atoms with van der Waals surface area (Å²) in [4.78, 5) is 26.2. The van der Waals surface area contributed by atoms with E-state index < -0.39 is 0 Å². The minimum absolute atomic E-state index is 0.156. The first kappa shape index (κ1) is 23.1. The van der Waals surface area contributed by atoms with Crippen molar-refractivity contribution in [2.45, 2.75) is 32.2 Å². The van der Waals surface area contributed by atoms with Crippen LogP contribution in [0.1, 0.15) is 24.1 Å². The van der Waals surface area contributed by atoms with E-state index in [1.54, 1.807) is 18.5 Å². The summed E-state index contributed by atoms with van der Waals surface area (Å²) < 4.78 is 13.2. The first-order valence-corrected chi connectivity index (χ1v) is 8.93. The molecule has 1 saturated heterocycles. The number of hydrogen-bond donors (Lipinski definition) is 4. The van der Waals surface area contributed by atoms with Crippen LogP contribution in [0.2, 0.25) is 0 Å². The van der Waals surface area contributed by atoms with Gasteiger partial charge in [0, 0.05) is 49.7 Å². The molecule has 0 saturated carbocycles. The predicted octanol–water partition coefficient (Wildman–Crippen LogP) is 2.06. The molecule has 4 N–H and O–H groups in total. The van der Waals surface area contributed by atoms with Gasteiger partial charge < -0.3 is 25.4 Å². The molecular weight excluding hydrogens is 367 g/mol. The van der Waals surface area contributed by atoms with Crippen molar-refractivity contribution in [1.82, 2.24) is 15.3 Å². The zero-order chi connectivity index (χ0) is 20.8. The van der Waals surface area contributed by atoms with Crippen molar-refractivity contribution < 1.29 is 24.2 Å². The smallest absolute Gasteiger partial charge is 0.290 e. The maximum absolute atomic E-state index is 13.2. The van der Waals surface area contributed by atoms with Crippen molar-refractivity contribution in [3.8, 4) is 0 Å². The lowest BCUT2D eigenvalue weighted by molar-refractivity contribution is -0.123. The van der Waals surface area contributed by atoms with Gasteiger partial charge in [-0.1, -0.05) is 0 Å². The van der Waals surface area contributed by atoms with Crippen LogP contribution < -0.4 is 10.2 Å². The van der Waals surface area contributed by atoms with Gasteiger partial charge in [-0.05, 0) is 43.5 Å². The average Bonchev–Trinajstić information content (AvgIpc) is 3.17. The van der Waals surface area contributed by atoms with E-state index in [0.29, 0.717) is 6.04 Å². The van der Waals surface area contributed by atoms with Crippen molar-refractivity contribution in [2.24, 2.45) is 0 Å². The number of aromatic amines is 1. The second kappa shape index (κ2) is 13.3. The first-order chi connectivity index (χ1) is 13.5. The number of halogens is 1. The normalized spacial score (nSPS) is 13.6. The third kappa shape index (κ3) is 8.17. The van der Waals surface area contributed by atoms with E-state index in [4.69, 9.17) is 19.8 Å². The molecular formula is C19H27FN4O4. The Bertz CT molecular complexity index is 683. The lowest BCUT2D eigenvalue weighted by Crippen LogP contribution is -2.43. The van der Waals surface area contributed by atoms with Crippen molar-refractivity contribution in [2.75, 3.05) is 24.5 Å². The van der Waals surface area contributed by atoms with Crippen LogP contribution in [0.5, 0.6) is 0 Å². The Hall–Kier alpha value is -2.94. The van der Waals surface area contributed by atoms with Crippen LogP contribution in [-0.2, 0) is 16.0 Å². The minimum Gasteiger partial charge on any atom is -0.483 e. The fourth-order valence-electron chi connectivity index (χ4n) is 3.13. The molecule has 0 amide bonds. The number of carboxylic acid groups (broad SMARTS) is 2. The number of aromatic nitrogens is 2. The average molecular weight is 394 g/mol. The summed E-state index contributed by atoms with van der Waals surface area (Å²) in [6.45, 7) is 4.50. The number of rotatable bonds is 5. The fraction of sp³-hybridized carbons (Fsp3) is 0.421. The highest BCUT2D eigenvalue weighted by Crippen LogP contribution is 2.24. The van der Waals surface area contributed by atoms with E-state index in [-0.39, 0.29) is 18.8 Å². The Morgan fingerprint density at radius 1 is 1.29 bits per heavy atom. The first-order valence-electron chi connectivity index (χ1n) is 8.93. The van der Waals surface area contributed by atoms with E-state index in [9.17, 15) is 4.39 Å². The molecule has 1 aliphatic rings. The second-order valence-electron chi connectivity index (χ2n) is 6.18. The van der Waals surface area contributed by atoms with Crippen LogP contribution in [0.4, 0.5) is 10.1 Å². The Morgan fingerprint density at radius 2 is 1.93 bits per heavy atom. The van der Waals surface area contributed by atoms with Gasteiger partial charge in [-0.15, -0.1) is 0 Å². The zero-order valence-corrected chi connectivity index (χ0v) is 15.8. The van der Waals surface area contributed by atoms with Crippen LogP contribution in [0, 0.1) is 12.7 Å². The van der Waals surface area contributed by atoms with Gasteiger partial charge in [-0.2, -0.15) is 0 Å². The number of aryl methyl sites for hydroxylation is 1. The molecule has 1 aromatic heterocycles. The number of anilines is 1. The lowest BCUT2D eigenvalue weighted by Gasteiger charge is -2.35. The van der Waals surface area contributed by atoms with E-state index in [2.05, 4.69) is 20.2 Å². The molecule has 1 fully saturated rings. The summed E-state index contributed by atoms with van der Waals surface area (Å²) in [6.07, 6.45) is 6.83. The molecule has 8 nitrogen and oxygen atoms in total. The van der Waals surface area contributed by atoms with Crippen molar-refractivity contribution in [3.63, 3.8) is 0 Å². The number of nitrogens with one attached hydrogen (secondary N) is 2. The molecule has 1 aliphatic heterocycles. The van der Waals surface area contributed by atoms with Gasteiger partial charge in [0.1, 0.15) is 5.82 Å². The molecule has 3 rings (SSSR count). The summed E-state index contributed by atoms with van der Waals surface area (Å²) in [5.41, 5.74) is 3.36. The fourth-order valence-corrected chi connectivity index (χ4v) is 3.13. The third-order valence-electron chi connectivity index (χ3n) is 4.38. The molecule has 0 aliphatic carbocycles. The van der Waals surface area contributed by atoms with Crippen molar-refractivity contribution in [1.29, 1.82) is 0 Å². The van der Waals surface area contributed by atoms with E-state index >= 15 is 0 Å². The number of imidazole rings is 1. The van der Waals surface area contributed by atoms with Crippen LogP contribution >= 0.6 is 0 Å². The standard InChI is InChI=1S/C17H23FN4.2CH2O2/c1-13-10-14(18)2-3-17(13)22-8-5-15(6-9-22)20-7-4-16-11-19-12-21-16;2*2-1-3/h2-3,10-12,15,20H,4-9H2,1H3,(H,19,21);2*1H,(H,2,3). The number of H-pyrrole nitrogens is 1. The summed E-state index contributed by atoms with van der Waals surface area (Å²) in [5, 5.41) is 17.4. The lowest BCUT2D eigenvalue weighted by atomic mass is 10.0. The molecule has 154 valence electrons. The van der Waals surface area contributed by atoms with Crippen molar-refractivity contribution in [3.05, 3.63) is 47.8 Å². The Morgan fingerprint density at radius 3 is 2.46 bits per heavy atom. The second-order valence-corrected chi connectivity index (χ2v) is 6.18. The molecule has 9 heteroatoms. The molecule has 0 unspecified atom stereocenters. The molecule has 2 heterocycles. The Labute approximate surface area is 163 Å². The summed E-state index contributed by atoms with van der Waals surface area (Å²) in [6, 6.07) is 5.64. The summed E-state index contributed by atoms with van der Waals surface area (Å²) in [7, 11) is 0. The van der Waals surface area contributed by atoms with Gasteiger partial charge in [0.15, 0.2) is 0 Å². The number of nitrogens with zero attached hydrogens (tertiary/aromatic N) is 2. The largest absolute Gasteiger partial charge is 0.483 e. The highest BCUT2D eigenvalue weighted by molar-refractivity contribution is 5.53. The molecule has 0 atom stereocenters. The highest BCUT2D eigenvalue weighted by Gasteiger charge is 2.20. The van der Waals surface area contributed by atoms with E-state index in [0.717, 1.165) is 50.1 Å². The monoisotopic (exact) mass is 394 g/mol. The van der Waals surface area contributed by atoms with Crippen LogP contribution in [0.25, 0.3) is 0 Å². The number of piperidine rings is 1. The van der Waals surface area contributed by atoms with Gasteiger partial charge in [0.25, 0.3) is 12.9 Å².